The summed E-state index contributed by atoms with van der Waals surface area (Å²) in [6.07, 6.45) is 0. The van der Waals surface area contributed by atoms with Gasteiger partial charge in [0.05, 0.1) is 0 Å². The van der Waals surface area contributed by atoms with E-state index in [2.05, 4.69) is 0 Å². The molecule has 0 fully saturated rings. The zero-order valence-electron chi connectivity index (χ0n) is 8.20. The maximum Gasteiger partial charge on any atom is 2.00 e. The van der Waals surface area contributed by atoms with Crippen LogP contribution in [0.1, 0.15) is 5.56 Å². The third-order valence-electron chi connectivity index (χ3n) is 1.47. The summed E-state index contributed by atoms with van der Waals surface area (Å²) in [6, 6.07) is 17.6. The standard InChI is InChI=1S/C6H7O.C5H5.Fe.Li/c7-5-6-3-1-2-4-6;1-2-4-5-3-1;;/h1-4,7H,5H2;1-5H;;/q2*-1;+2;. The van der Waals surface area contributed by atoms with Crippen molar-refractivity contribution in [3.8, 4) is 0 Å². The number of aliphatic hydroxyl groups is 1. The van der Waals surface area contributed by atoms with E-state index in [1.54, 1.807) is 0 Å². The minimum Gasteiger partial charge on any atom is -0.394 e. The topological polar surface area (TPSA) is 20.2 Å². The number of rotatable bonds is 1. The van der Waals surface area contributed by atoms with E-state index >= 15 is 0 Å². The van der Waals surface area contributed by atoms with Crippen molar-refractivity contribution in [3.05, 3.63) is 60.2 Å². The van der Waals surface area contributed by atoms with Crippen LogP contribution < -0.4 is 0 Å². The van der Waals surface area contributed by atoms with Gasteiger partial charge in [0, 0.05) is 25.5 Å². The van der Waals surface area contributed by atoms with Crippen LogP contribution in [-0.2, 0) is 23.7 Å². The van der Waals surface area contributed by atoms with Crippen molar-refractivity contribution in [1.29, 1.82) is 0 Å². The fourth-order valence-corrected chi connectivity index (χ4v) is 0.840. The van der Waals surface area contributed by atoms with Crippen molar-refractivity contribution in [2.75, 3.05) is 0 Å². The average molecular weight is 223 g/mol. The van der Waals surface area contributed by atoms with Gasteiger partial charge < -0.3 is 5.11 Å². The van der Waals surface area contributed by atoms with Crippen molar-refractivity contribution in [1.82, 2.24) is 0 Å². The normalized spacial score (nSPS) is 7.50. The molecule has 1 radical (unpaired) electrons. The van der Waals surface area contributed by atoms with Gasteiger partial charge >= 0.3 is 17.1 Å². The summed E-state index contributed by atoms with van der Waals surface area (Å²) in [5.74, 6) is 0. The predicted octanol–water partition coefficient (Wildman–Crippen LogP) is 1.92. The molecule has 0 spiro atoms. The van der Waals surface area contributed by atoms with Crippen molar-refractivity contribution in [2.45, 2.75) is 6.61 Å². The third kappa shape index (κ3) is 7.21. The van der Waals surface area contributed by atoms with Crippen molar-refractivity contribution in [2.24, 2.45) is 0 Å². The van der Waals surface area contributed by atoms with E-state index in [4.69, 9.17) is 5.11 Å². The minimum atomic E-state index is 0. The maximum atomic E-state index is 8.43. The van der Waals surface area contributed by atoms with E-state index in [1.807, 2.05) is 54.6 Å². The molecule has 0 atom stereocenters. The van der Waals surface area contributed by atoms with E-state index in [0.717, 1.165) is 5.56 Å². The first-order chi connectivity index (χ1) is 5.93. The Hall–Kier alpha value is -0.223. The molecule has 14 heavy (non-hydrogen) atoms. The van der Waals surface area contributed by atoms with E-state index in [1.165, 1.54) is 0 Å². The van der Waals surface area contributed by atoms with Crippen LogP contribution in [0, 0.1) is 0 Å². The van der Waals surface area contributed by atoms with Crippen LogP contribution in [0.25, 0.3) is 0 Å². The Balaban J connectivity index is 0. The molecule has 1 N–H and O–H groups in total. The Labute approximate surface area is 108 Å². The molecule has 0 aliphatic carbocycles. The summed E-state index contributed by atoms with van der Waals surface area (Å²) in [7, 11) is 0. The summed E-state index contributed by atoms with van der Waals surface area (Å²) in [5.41, 5.74) is 0.986. The van der Waals surface area contributed by atoms with Crippen LogP contribution in [-0.4, -0.2) is 24.0 Å². The molecule has 1 nitrogen and oxygen atoms in total. The number of aliphatic hydroxyl groups excluding tert-OH is 1. The second kappa shape index (κ2) is 10.9. The molecule has 0 saturated heterocycles. The van der Waals surface area contributed by atoms with Gasteiger partial charge in [-0.25, -0.2) is 24.3 Å². The van der Waals surface area contributed by atoms with Crippen LogP contribution in [0.2, 0.25) is 0 Å². The summed E-state index contributed by atoms with van der Waals surface area (Å²) in [6.45, 7) is 0.160. The van der Waals surface area contributed by atoms with Gasteiger partial charge in [-0.15, -0.1) is 5.56 Å². The molecule has 0 saturated carbocycles. The molecule has 3 heteroatoms. The SMILES string of the molecule is OCc1ccc[cH-]1.[Fe+2].[Li].c1cc[cH-]c1. The molecule has 2 aromatic carbocycles. The first kappa shape index (κ1) is 16.2. The Morgan fingerprint density at radius 3 is 1.93 bits per heavy atom. The molecule has 0 aliphatic heterocycles. The van der Waals surface area contributed by atoms with Gasteiger partial charge in [-0.1, -0.05) is 0 Å². The Morgan fingerprint density at radius 2 is 1.71 bits per heavy atom. The molecule has 0 aliphatic rings. The van der Waals surface area contributed by atoms with Crippen LogP contribution in [0.4, 0.5) is 0 Å². The van der Waals surface area contributed by atoms with Gasteiger partial charge in [0.1, 0.15) is 0 Å². The number of hydrogen-bond donors (Lipinski definition) is 1. The molecule has 71 valence electrons. The van der Waals surface area contributed by atoms with Crippen LogP contribution in [0.3, 0.4) is 0 Å². The van der Waals surface area contributed by atoms with Crippen LogP contribution in [0.15, 0.2) is 54.6 Å². The first-order valence-electron chi connectivity index (χ1n) is 3.91. The fraction of sp³-hybridized carbons (Fsp3) is 0.0909. The van der Waals surface area contributed by atoms with Crippen molar-refractivity contribution >= 4 is 18.9 Å². The van der Waals surface area contributed by atoms with Gasteiger partial charge in [0.15, 0.2) is 0 Å². The molecule has 2 rings (SSSR count). The number of hydrogen-bond acceptors (Lipinski definition) is 1. The fourth-order valence-electron chi connectivity index (χ4n) is 0.840. The Kier molecular flexibility index (Phi) is 12.6. The minimum absolute atomic E-state index is 0. The summed E-state index contributed by atoms with van der Waals surface area (Å²) >= 11 is 0. The van der Waals surface area contributed by atoms with E-state index < -0.39 is 0 Å². The third-order valence-corrected chi connectivity index (χ3v) is 1.47. The Morgan fingerprint density at radius 1 is 1.07 bits per heavy atom. The second-order valence-corrected chi connectivity index (χ2v) is 2.41. The summed E-state index contributed by atoms with van der Waals surface area (Å²) in [4.78, 5) is 0. The van der Waals surface area contributed by atoms with Gasteiger partial charge in [-0.3, -0.25) is 0 Å². The van der Waals surface area contributed by atoms with Crippen molar-refractivity contribution in [3.63, 3.8) is 0 Å². The molecule has 0 unspecified atom stereocenters. The monoisotopic (exact) mass is 223 g/mol. The van der Waals surface area contributed by atoms with Gasteiger partial charge in [-0.05, 0) is 0 Å². The molecule has 0 amide bonds. The first-order valence-corrected chi connectivity index (χ1v) is 3.91. The summed E-state index contributed by atoms with van der Waals surface area (Å²) in [5, 5.41) is 8.43. The summed E-state index contributed by atoms with van der Waals surface area (Å²) < 4.78 is 0. The molecule has 0 heterocycles. The zero-order valence-corrected chi connectivity index (χ0v) is 9.31. The van der Waals surface area contributed by atoms with Gasteiger partial charge in [0.25, 0.3) is 0 Å². The average Bonchev–Trinajstić information content (AvgIpc) is 2.81. The zero-order chi connectivity index (χ0) is 8.65. The maximum absolute atomic E-state index is 8.43. The second-order valence-electron chi connectivity index (χ2n) is 2.41. The van der Waals surface area contributed by atoms with E-state index in [0.29, 0.717) is 0 Å². The van der Waals surface area contributed by atoms with E-state index in [-0.39, 0.29) is 42.5 Å². The largest absolute Gasteiger partial charge is 2.00 e. The van der Waals surface area contributed by atoms with Gasteiger partial charge in [-0.2, -0.15) is 30.3 Å². The van der Waals surface area contributed by atoms with Gasteiger partial charge in [0.2, 0.25) is 0 Å². The molecular weight excluding hydrogens is 211 g/mol. The Bertz CT molecular complexity index is 246. The smallest absolute Gasteiger partial charge is 0.394 e. The van der Waals surface area contributed by atoms with E-state index in [9.17, 15) is 0 Å². The van der Waals surface area contributed by atoms with Crippen LogP contribution >= 0.6 is 0 Å². The molecular formula is C11H12FeLiO. The van der Waals surface area contributed by atoms with Crippen molar-refractivity contribution < 1.29 is 22.2 Å². The molecule has 0 aromatic heterocycles. The quantitative estimate of drug-likeness (QED) is 0.578. The molecule has 0 bridgehead atoms. The van der Waals surface area contributed by atoms with Crippen LogP contribution in [0.5, 0.6) is 0 Å². The molecule has 2 aromatic rings. The predicted molar refractivity (Wildman–Crippen MR) is 55.7 cm³/mol.